The van der Waals surface area contributed by atoms with Crippen molar-refractivity contribution < 1.29 is 27.3 Å². The number of carboxylic acids is 1. The number of thioether (sulfide) groups is 1. The fourth-order valence-corrected chi connectivity index (χ4v) is 2.31. The lowest BCUT2D eigenvalue weighted by molar-refractivity contribution is 0.0689. The average molecular weight is 333 g/mol. The number of rotatable bonds is 7. The van der Waals surface area contributed by atoms with Crippen molar-refractivity contribution in [2.75, 3.05) is 24.8 Å². The van der Waals surface area contributed by atoms with Crippen LogP contribution in [0, 0.1) is 0 Å². The quantitative estimate of drug-likeness (QED) is 0.561. The monoisotopic (exact) mass is 333 g/mol. The summed E-state index contributed by atoms with van der Waals surface area (Å²) >= 11 is 1.53. The predicted molar refractivity (Wildman–Crippen MR) is 79.6 cm³/mol. The van der Waals surface area contributed by atoms with Gasteiger partial charge in [0.2, 0.25) is 0 Å². The van der Waals surface area contributed by atoms with Crippen LogP contribution in [0.1, 0.15) is 20.7 Å². The molecule has 21 heavy (non-hydrogen) atoms. The van der Waals surface area contributed by atoms with Crippen LogP contribution in [0.2, 0.25) is 0 Å². The van der Waals surface area contributed by atoms with Crippen LogP contribution in [0.3, 0.4) is 0 Å². The summed E-state index contributed by atoms with van der Waals surface area (Å²) in [6.07, 6.45) is 2.67. The normalized spacial score (nSPS) is 11.0. The number of carbonyl (C=O) groups is 2. The molecule has 0 bridgehead atoms. The molecule has 0 aliphatic carbocycles. The van der Waals surface area contributed by atoms with Gasteiger partial charge in [0.25, 0.3) is 5.91 Å². The van der Waals surface area contributed by atoms with E-state index in [4.69, 9.17) is 0 Å². The van der Waals surface area contributed by atoms with Gasteiger partial charge in [0.15, 0.2) is 5.75 Å². The van der Waals surface area contributed by atoms with Crippen molar-refractivity contribution in [1.82, 2.24) is 5.32 Å². The Kier molecular flexibility index (Phi) is 6.03. The van der Waals surface area contributed by atoms with Crippen molar-refractivity contribution in [2.24, 2.45) is 0 Å². The maximum atomic E-state index is 12.0. The van der Waals surface area contributed by atoms with Gasteiger partial charge in [0, 0.05) is 12.3 Å². The van der Waals surface area contributed by atoms with Crippen molar-refractivity contribution in [2.45, 2.75) is 0 Å². The molecule has 1 aromatic carbocycles. The fourth-order valence-electron chi connectivity index (χ4n) is 1.54. The minimum Gasteiger partial charge on any atom is -0.478 e. The summed E-state index contributed by atoms with van der Waals surface area (Å²) in [5, 5.41) is 11.8. The fraction of sp³-hybridized carbons (Fsp3) is 0.333. The van der Waals surface area contributed by atoms with Crippen molar-refractivity contribution in [1.29, 1.82) is 0 Å². The zero-order chi connectivity index (χ0) is 16.0. The van der Waals surface area contributed by atoms with Gasteiger partial charge in [-0.3, -0.25) is 4.79 Å². The SMILES string of the molecule is CSCCNC(=O)c1cccc(OS(C)(=O)=O)c1C(=O)O. The van der Waals surface area contributed by atoms with Crippen molar-refractivity contribution in [3.8, 4) is 5.75 Å². The maximum Gasteiger partial charge on any atom is 0.340 e. The molecule has 0 saturated carbocycles. The predicted octanol–water partition coefficient (Wildman–Crippen LogP) is 0.816. The molecule has 0 unspecified atom stereocenters. The highest BCUT2D eigenvalue weighted by Crippen LogP contribution is 2.24. The van der Waals surface area contributed by atoms with E-state index >= 15 is 0 Å². The van der Waals surface area contributed by atoms with E-state index in [2.05, 4.69) is 9.50 Å². The van der Waals surface area contributed by atoms with Crippen LogP contribution in [-0.4, -0.2) is 50.2 Å². The van der Waals surface area contributed by atoms with Crippen LogP contribution in [0.4, 0.5) is 0 Å². The highest BCUT2D eigenvalue weighted by molar-refractivity contribution is 7.98. The summed E-state index contributed by atoms with van der Waals surface area (Å²) in [6.45, 7) is 0.371. The molecule has 9 heteroatoms. The van der Waals surface area contributed by atoms with Crippen molar-refractivity contribution in [3.05, 3.63) is 29.3 Å². The minimum atomic E-state index is -3.89. The molecule has 116 valence electrons. The number of carbonyl (C=O) groups excluding carboxylic acids is 1. The average Bonchev–Trinajstić information content (AvgIpc) is 2.36. The number of amides is 1. The van der Waals surface area contributed by atoms with E-state index in [1.165, 1.54) is 30.0 Å². The third-order valence-electron chi connectivity index (χ3n) is 2.32. The van der Waals surface area contributed by atoms with E-state index in [1.807, 2.05) is 6.26 Å². The van der Waals surface area contributed by atoms with Crippen LogP contribution in [0.5, 0.6) is 5.75 Å². The molecule has 1 amide bonds. The Bertz CT molecular complexity index is 641. The number of nitrogens with one attached hydrogen (secondary N) is 1. The summed E-state index contributed by atoms with van der Waals surface area (Å²) < 4.78 is 26.9. The molecule has 0 saturated heterocycles. The minimum absolute atomic E-state index is 0.148. The Balaban J connectivity index is 3.17. The lowest BCUT2D eigenvalue weighted by Crippen LogP contribution is -2.27. The lowest BCUT2D eigenvalue weighted by Gasteiger charge is -2.11. The molecule has 0 heterocycles. The number of hydrogen-bond acceptors (Lipinski definition) is 6. The molecule has 0 spiro atoms. The topological polar surface area (TPSA) is 110 Å². The van der Waals surface area contributed by atoms with Crippen molar-refractivity contribution in [3.63, 3.8) is 0 Å². The molecule has 0 atom stereocenters. The van der Waals surface area contributed by atoms with Gasteiger partial charge >= 0.3 is 16.1 Å². The number of carboxylic acid groups (broad SMARTS) is 1. The first-order valence-corrected chi connectivity index (χ1v) is 9.00. The molecule has 1 rings (SSSR count). The van der Waals surface area contributed by atoms with E-state index < -0.39 is 27.6 Å². The van der Waals surface area contributed by atoms with Gasteiger partial charge in [-0.2, -0.15) is 20.2 Å². The van der Waals surface area contributed by atoms with Crippen LogP contribution in [0.15, 0.2) is 18.2 Å². The Morgan fingerprint density at radius 3 is 2.57 bits per heavy atom. The Morgan fingerprint density at radius 2 is 2.05 bits per heavy atom. The van der Waals surface area contributed by atoms with Crippen LogP contribution < -0.4 is 9.50 Å². The second-order valence-electron chi connectivity index (χ2n) is 4.02. The highest BCUT2D eigenvalue weighted by Gasteiger charge is 2.23. The standard InChI is InChI=1S/C12H15NO6S2/c1-20-7-6-13-11(14)8-4-3-5-9(10(8)12(15)16)19-21(2,17)18/h3-5H,6-7H2,1-2H3,(H,13,14)(H,15,16). The molecule has 0 radical (unpaired) electrons. The first-order valence-electron chi connectivity index (χ1n) is 5.79. The van der Waals surface area contributed by atoms with E-state index in [0.717, 1.165) is 6.26 Å². The van der Waals surface area contributed by atoms with E-state index in [1.54, 1.807) is 0 Å². The van der Waals surface area contributed by atoms with Gasteiger partial charge in [0.1, 0.15) is 5.56 Å². The zero-order valence-corrected chi connectivity index (χ0v) is 13.1. The third kappa shape index (κ3) is 5.27. The van der Waals surface area contributed by atoms with E-state index in [-0.39, 0.29) is 11.3 Å². The molecule has 0 aromatic heterocycles. The molecule has 1 aromatic rings. The molecular formula is C12H15NO6S2. The molecule has 0 fully saturated rings. The zero-order valence-electron chi connectivity index (χ0n) is 11.5. The van der Waals surface area contributed by atoms with Gasteiger partial charge in [0.05, 0.1) is 11.8 Å². The van der Waals surface area contributed by atoms with Crippen molar-refractivity contribution >= 4 is 33.8 Å². The van der Waals surface area contributed by atoms with Gasteiger partial charge < -0.3 is 14.6 Å². The molecular weight excluding hydrogens is 318 g/mol. The van der Waals surface area contributed by atoms with Gasteiger partial charge in [-0.1, -0.05) is 6.07 Å². The van der Waals surface area contributed by atoms with Gasteiger partial charge in [-0.15, -0.1) is 0 Å². The number of benzene rings is 1. The van der Waals surface area contributed by atoms with Crippen LogP contribution in [0.25, 0.3) is 0 Å². The summed E-state index contributed by atoms with van der Waals surface area (Å²) in [6, 6.07) is 3.84. The largest absolute Gasteiger partial charge is 0.478 e. The Hall–Kier alpha value is -1.74. The van der Waals surface area contributed by atoms with Gasteiger partial charge in [-0.25, -0.2) is 4.79 Å². The second kappa shape index (κ2) is 7.32. The molecule has 2 N–H and O–H groups in total. The Labute approximate surface area is 126 Å². The van der Waals surface area contributed by atoms with Crippen LogP contribution in [-0.2, 0) is 10.1 Å². The number of hydrogen-bond donors (Lipinski definition) is 2. The molecule has 0 aliphatic heterocycles. The number of aromatic carboxylic acids is 1. The van der Waals surface area contributed by atoms with Crippen LogP contribution >= 0.6 is 11.8 Å². The molecule has 7 nitrogen and oxygen atoms in total. The maximum absolute atomic E-state index is 12.0. The lowest BCUT2D eigenvalue weighted by atomic mass is 10.1. The highest BCUT2D eigenvalue weighted by atomic mass is 32.2. The second-order valence-corrected chi connectivity index (χ2v) is 6.58. The third-order valence-corrected chi connectivity index (χ3v) is 3.41. The van der Waals surface area contributed by atoms with E-state index in [0.29, 0.717) is 12.3 Å². The van der Waals surface area contributed by atoms with E-state index in [9.17, 15) is 23.1 Å². The summed E-state index contributed by atoms with van der Waals surface area (Å²) in [4.78, 5) is 23.3. The molecule has 0 aliphatic rings. The summed E-state index contributed by atoms with van der Waals surface area (Å²) in [5.74, 6) is -1.75. The summed E-state index contributed by atoms with van der Waals surface area (Å²) in [7, 11) is -3.89. The van der Waals surface area contributed by atoms with Gasteiger partial charge in [-0.05, 0) is 18.4 Å². The summed E-state index contributed by atoms with van der Waals surface area (Å²) in [5.41, 5.74) is -0.630. The first kappa shape index (κ1) is 17.3. The smallest absolute Gasteiger partial charge is 0.340 e. The first-order chi connectivity index (χ1) is 9.76. The Morgan fingerprint density at radius 1 is 1.38 bits per heavy atom.